The van der Waals surface area contributed by atoms with E-state index < -0.39 is 0 Å². The third-order valence-corrected chi connectivity index (χ3v) is 4.69. The number of carbonyl (C=O) groups excluding carboxylic acids is 1. The molecule has 1 aliphatic rings. The van der Waals surface area contributed by atoms with Crippen molar-refractivity contribution in [1.82, 2.24) is 4.90 Å². The molecule has 5 nitrogen and oxygen atoms in total. The average Bonchev–Trinajstić information content (AvgIpc) is 2.50. The summed E-state index contributed by atoms with van der Waals surface area (Å²) in [5.41, 5.74) is 5.47. The molecule has 122 valence electrons. The van der Waals surface area contributed by atoms with Crippen LogP contribution in [0.3, 0.4) is 0 Å². The van der Waals surface area contributed by atoms with Crippen LogP contribution in [0.1, 0.15) is 71.6 Å². The first kappa shape index (κ1) is 17.8. The Morgan fingerprint density at radius 3 is 2.33 bits per heavy atom. The zero-order chi connectivity index (χ0) is 15.7. The summed E-state index contributed by atoms with van der Waals surface area (Å²) in [5, 5.41) is 11.9. The van der Waals surface area contributed by atoms with Gasteiger partial charge in [0.25, 0.3) is 0 Å². The van der Waals surface area contributed by atoms with E-state index in [4.69, 9.17) is 10.9 Å². The third-order valence-electron chi connectivity index (χ3n) is 4.69. The van der Waals surface area contributed by atoms with E-state index >= 15 is 0 Å². The van der Waals surface area contributed by atoms with Gasteiger partial charge in [-0.1, -0.05) is 51.1 Å². The molecule has 0 aromatic heterocycles. The quantitative estimate of drug-likeness (QED) is 0.237. The van der Waals surface area contributed by atoms with Gasteiger partial charge in [-0.3, -0.25) is 4.79 Å². The summed E-state index contributed by atoms with van der Waals surface area (Å²) in [4.78, 5) is 14.1. The second kappa shape index (κ2) is 8.90. The molecule has 21 heavy (non-hydrogen) atoms. The van der Waals surface area contributed by atoms with E-state index in [9.17, 15) is 4.79 Å². The number of unbranched alkanes of at least 4 members (excludes halogenated alkanes) is 5. The molecule has 1 heterocycles. The fourth-order valence-corrected chi connectivity index (χ4v) is 2.84. The summed E-state index contributed by atoms with van der Waals surface area (Å²) in [6, 6.07) is 0. The lowest BCUT2D eigenvalue weighted by Crippen LogP contribution is -2.47. The minimum atomic E-state index is -0.272. The molecule has 1 amide bonds. The molecule has 5 heteroatoms. The van der Waals surface area contributed by atoms with Crippen molar-refractivity contribution in [1.29, 1.82) is 0 Å². The number of piperidine rings is 1. The highest BCUT2D eigenvalue weighted by atomic mass is 16.4. The predicted molar refractivity (Wildman–Crippen MR) is 85.3 cm³/mol. The van der Waals surface area contributed by atoms with Crippen molar-refractivity contribution >= 4 is 11.7 Å². The van der Waals surface area contributed by atoms with Crippen molar-refractivity contribution in [3.8, 4) is 0 Å². The number of amidine groups is 1. The lowest BCUT2D eigenvalue weighted by atomic mass is 9.79. The van der Waals surface area contributed by atoms with Crippen LogP contribution in [0, 0.1) is 5.41 Å². The molecule has 0 bridgehead atoms. The van der Waals surface area contributed by atoms with Gasteiger partial charge in [0, 0.05) is 24.9 Å². The zero-order valence-electron chi connectivity index (χ0n) is 13.6. The molecule has 0 atom stereocenters. The standard InChI is InChI=1S/C16H31N3O2/c1-3-4-5-6-7-8-9-14(20)19-12-10-16(2,11-13-19)15(17)18-21/h21H,3-13H2,1-2H3,(H2,17,18). The molecule has 1 fully saturated rings. The number of oxime groups is 1. The number of hydrogen-bond acceptors (Lipinski definition) is 3. The molecule has 0 unspecified atom stereocenters. The molecule has 0 aliphatic carbocycles. The van der Waals surface area contributed by atoms with Gasteiger partial charge in [-0.15, -0.1) is 0 Å². The number of nitrogens with two attached hydrogens (primary N) is 1. The van der Waals surface area contributed by atoms with Gasteiger partial charge in [0.1, 0.15) is 5.84 Å². The normalized spacial score (nSPS) is 18.8. The number of amides is 1. The number of carbonyl (C=O) groups is 1. The van der Waals surface area contributed by atoms with Crippen molar-refractivity contribution in [3.05, 3.63) is 0 Å². The molecule has 1 aliphatic heterocycles. The molecule has 3 N–H and O–H groups in total. The lowest BCUT2D eigenvalue weighted by Gasteiger charge is -2.38. The van der Waals surface area contributed by atoms with Crippen molar-refractivity contribution in [2.24, 2.45) is 16.3 Å². The molecule has 1 saturated heterocycles. The maximum atomic E-state index is 12.2. The van der Waals surface area contributed by atoms with E-state index in [-0.39, 0.29) is 17.2 Å². The van der Waals surface area contributed by atoms with E-state index in [1.807, 2.05) is 11.8 Å². The van der Waals surface area contributed by atoms with Crippen molar-refractivity contribution in [2.75, 3.05) is 13.1 Å². The summed E-state index contributed by atoms with van der Waals surface area (Å²) in [5.74, 6) is 0.539. The molecular formula is C16H31N3O2. The Bertz CT molecular complexity index is 347. The maximum absolute atomic E-state index is 12.2. The Hall–Kier alpha value is -1.26. The lowest BCUT2D eigenvalue weighted by molar-refractivity contribution is -0.133. The van der Waals surface area contributed by atoms with E-state index in [0.29, 0.717) is 19.5 Å². The average molecular weight is 297 g/mol. The highest BCUT2D eigenvalue weighted by Gasteiger charge is 2.35. The summed E-state index contributed by atoms with van der Waals surface area (Å²) in [7, 11) is 0. The number of hydrogen-bond donors (Lipinski definition) is 2. The largest absolute Gasteiger partial charge is 0.409 e. The fraction of sp³-hybridized carbons (Fsp3) is 0.875. The van der Waals surface area contributed by atoms with Crippen LogP contribution in [-0.4, -0.2) is 34.9 Å². The molecule has 0 saturated carbocycles. The first-order chi connectivity index (χ1) is 10.0. The van der Waals surface area contributed by atoms with Gasteiger partial charge in [-0.25, -0.2) is 0 Å². The van der Waals surface area contributed by atoms with Crippen LogP contribution in [0.2, 0.25) is 0 Å². The van der Waals surface area contributed by atoms with Crippen LogP contribution in [0.15, 0.2) is 5.16 Å². The second-order valence-electron chi connectivity index (χ2n) is 6.44. The molecular weight excluding hydrogens is 266 g/mol. The SMILES string of the molecule is CCCCCCCCC(=O)N1CCC(C)(C(N)=NO)CC1. The van der Waals surface area contributed by atoms with Crippen LogP contribution in [-0.2, 0) is 4.79 Å². The van der Waals surface area contributed by atoms with E-state index in [2.05, 4.69) is 12.1 Å². The Morgan fingerprint density at radius 2 is 1.76 bits per heavy atom. The van der Waals surface area contributed by atoms with Crippen LogP contribution < -0.4 is 5.73 Å². The van der Waals surface area contributed by atoms with Gasteiger partial charge in [0.15, 0.2) is 0 Å². The minimum absolute atomic E-state index is 0.257. The first-order valence-electron chi connectivity index (χ1n) is 8.29. The van der Waals surface area contributed by atoms with Crippen molar-refractivity contribution in [2.45, 2.75) is 71.6 Å². The smallest absolute Gasteiger partial charge is 0.222 e. The van der Waals surface area contributed by atoms with E-state index in [1.54, 1.807) is 0 Å². The van der Waals surface area contributed by atoms with Gasteiger partial charge in [-0.2, -0.15) is 0 Å². The van der Waals surface area contributed by atoms with Crippen LogP contribution in [0.4, 0.5) is 0 Å². The highest BCUT2D eigenvalue weighted by molar-refractivity contribution is 5.86. The number of rotatable bonds is 8. The first-order valence-corrected chi connectivity index (χ1v) is 8.29. The van der Waals surface area contributed by atoms with Gasteiger partial charge in [0.05, 0.1) is 0 Å². The highest BCUT2D eigenvalue weighted by Crippen LogP contribution is 2.31. The summed E-state index contributed by atoms with van der Waals surface area (Å²) in [6.45, 7) is 5.63. The Balaban J connectivity index is 2.23. The van der Waals surface area contributed by atoms with Gasteiger partial charge >= 0.3 is 0 Å². The Kier molecular flexibility index (Phi) is 7.54. The molecule has 0 spiro atoms. The van der Waals surface area contributed by atoms with Crippen LogP contribution in [0.5, 0.6) is 0 Å². The predicted octanol–water partition coefficient (Wildman–Crippen LogP) is 3.11. The van der Waals surface area contributed by atoms with Gasteiger partial charge in [-0.05, 0) is 19.3 Å². The Morgan fingerprint density at radius 1 is 1.19 bits per heavy atom. The summed E-state index contributed by atoms with van der Waals surface area (Å²) >= 11 is 0. The molecule has 1 rings (SSSR count). The van der Waals surface area contributed by atoms with Crippen LogP contribution in [0.25, 0.3) is 0 Å². The van der Waals surface area contributed by atoms with Gasteiger partial charge in [0.2, 0.25) is 5.91 Å². The van der Waals surface area contributed by atoms with Crippen molar-refractivity contribution < 1.29 is 10.0 Å². The number of nitrogens with zero attached hydrogens (tertiary/aromatic N) is 2. The minimum Gasteiger partial charge on any atom is -0.409 e. The van der Waals surface area contributed by atoms with Crippen LogP contribution >= 0.6 is 0 Å². The maximum Gasteiger partial charge on any atom is 0.222 e. The van der Waals surface area contributed by atoms with E-state index in [0.717, 1.165) is 25.7 Å². The van der Waals surface area contributed by atoms with Gasteiger partial charge < -0.3 is 15.8 Å². The topological polar surface area (TPSA) is 78.9 Å². The second-order valence-corrected chi connectivity index (χ2v) is 6.44. The monoisotopic (exact) mass is 297 g/mol. The Labute approximate surface area is 128 Å². The third kappa shape index (κ3) is 5.56. The van der Waals surface area contributed by atoms with E-state index in [1.165, 1.54) is 25.7 Å². The number of likely N-dealkylation sites (tertiary alicyclic amines) is 1. The molecule has 0 radical (unpaired) electrons. The van der Waals surface area contributed by atoms with Crippen molar-refractivity contribution in [3.63, 3.8) is 0 Å². The molecule has 0 aromatic rings. The fourth-order valence-electron chi connectivity index (χ4n) is 2.84. The molecule has 0 aromatic carbocycles. The summed E-state index contributed by atoms with van der Waals surface area (Å²) in [6.07, 6.45) is 9.42. The summed E-state index contributed by atoms with van der Waals surface area (Å²) < 4.78 is 0. The zero-order valence-corrected chi connectivity index (χ0v) is 13.6.